The topological polar surface area (TPSA) is 3.24 Å². The molecule has 110 valence electrons. The van der Waals surface area contributed by atoms with E-state index in [2.05, 4.69) is 79.4 Å². The molecule has 0 N–H and O–H groups in total. The molecule has 0 saturated heterocycles. The van der Waals surface area contributed by atoms with Gasteiger partial charge in [-0.05, 0) is 31.4 Å². The highest BCUT2D eigenvalue weighted by Crippen LogP contribution is 2.24. The minimum atomic E-state index is 0.267. The minimum Gasteiger partial charge on any atom is -0.366 e. The summed E-state index contributed by atoms with van der Waals surface area (Å²) in [5, 5.41) is 0. The Morgan fingerprint density at radius 2 is 1.43 bits per heavy atom. The van der Waals surface area contributed by atoms with E-state index < -0.39 is 0 Å². The van der Waals surface area contributed by atoms with Crippen LogP contribution in [0, 0.1) is 0 Å². The van der Waals surface area contributed by atoms with Crippen molar-refractivity contribution in [3.63, 3.8) is 0 Å². The lowest BCUT2D eigenvalue weighted by molar-refractivity contribution is 0.456. The average Bonchev–Trinajstić information content (AvgIpc) is 2.55. The van der Waals surface area contributed by atoms with Crippen molar-refractivity contribution < 1.29 is 0 Å². The molecule has 0 heterocycles. The Bertz CT molecular complexity index is 546. The summed E-state index contributed by atoms with van der Waals surface area (Å²) in [5.74, 6) is 0.267. The van der Waals surface area contributed by atoms with Crippen molar-refractivity contribution >= 4 is 17.2 Å². The summed E-state index contributed by atoms with van der Waals surface area (Å²) >= 11 is 5.80. The van der Waals surface area contributed by atoms with Crippen LogP contribution in [0.2, 0.25) is 0 Å². The van der Waals surface area contributed by atoms with Crippen LogP contribution in [-0.2, 0) is 6.42 Å². The van der Waals surface area contributed by atoms with E-state index >= 15 is 0 Å². The van der Waals surface area contributed by atoms with Gasteiger partial charge in [-0.25, -0.2) is 0 Å². The molecule has 0 amide bonds. The highest BCUT2D eigenvalue weighted by atomic mass is 32.1. The fourth-order valence-corrected chi connectivity index (χ4v) is 3.12. The number of hydrogen-bond acceptors (Lipinski definition) is 1. The van der Waals surface area contributed by atoms with Crippen molar-refractivity contribution in [1.82, 2.24) is 4.90 Å². The van der Waals surface area contributed by atoms with E-state index in [-0.39, 0.29) is 5.92 Å². The lowest BCUT2D eigenvalue weighted by atomic mass is 9.91. The predicted molar refractivity (Wildman–Crippen MR) is 94.8 cm³/mol. The molecule has 0 aliphatic rings. The molecular weight excluding hydrogens is 274 g/mol. The molecule has 0 bridgehead atoms. The zero-order valence-corrected chi connectivity index (χ0v) is 13.6. The number of nitrogens with zero attached hydrogens (tertiary/aromatic N) is 1. The summed E-state index contributed by atoms with van der Waals surface area (Å²) in [6.07, 6.45) is 0.959. The van der Waals surface area contributed by atoms with E-state index in [1.54, 1.807) is 0 Å². The van der Waals surface area contributed by atoms with Crippen LogP contribution < -0.4 is 0 Å². The molecule has 0 spiro atoms. The summed E-state index contributed by atoms with van der Waals surface area (Å²) in [6.45, 7) is 6.27. The van der Waals surface area contributed by atoms with E-state index in [0.717, 1.165) is 24.5 Å². The van der Waals surface area contributed by atoms with Crippen LogP contribution in [-0.4, -0.2) is 23.0 Å². The van der Waals surface area contributed by atoms with Gasteiger partial charge in [0.1, 0.15) is 0 Å². The van der Waals surface area contributed by atoms with E-state index in [0.29, 0.717) is 0 Å². The van der Waals surface area contributed by atoms with Crippen LogP contribution in [0.4, 0.5) is 0 Å². The monoisotopic (exact) mass is 297 g/mol. The van der Waals surface area contributed by atoms with Crippen molar-refractivity contribution in [2.75, 3.05) is 13.1 Å². The Balaban J connectivity index is 2.29. The molecule has 1 atom stereocenters. The molecule has 0 aliphatic heterocycles. The average molecular weight is 297 g/mol. The first-order chi connectivity index (χ1) is 10.3. The third kappa shape index (κ3) is 4.15. The van der Waals surface area contributed by atoms with Gasteiger partial charge in [-0.1, -0.05) is 72.9 Å². The second kappa shape index (κ2) is 7.94. The first-order valence-electron chi connectivity index (χ1n) is 7.63. The van der Waals surface area contributed by atoms with Crippen molar-refractivity contribution in [3.8, 4) is 0 Å². The van der Waals surface area contributed by atoms with E-state index in [1.807, 2.05) is 0 Å². The number of benzene rings is 2. The van der Waals surface area contributed by atoms with Crippen LogP contribution in [0.25, 0.3) is 0 Å². The van der Waals surface area contributed by atoms with E-state index in [4.69, 9.17) is 12.2 Å². The van der Waals surface area contributed by atoms with Crippen molar-refractivity contribution in [1.29, 1.82) is 0 Å². The van der Waals surface area contributed by atoms with Crippen molar-refractivity contribution in [3.05, 3.63) is 71.8 Å². The lowest BCUT2D eigenvalue weighted by Gasteiger charge is -2.28. The zero-order chi connectivity index (χ0) is 15.1. The van der Waals surface area contributed by atoms with Gasteiger partial charge < -0.3 is 4.90 Å². The smallest absolute Gasteiger partial charge is 0.0858 e. The van der Waals surface area contributed by atoms with Gasteiger partial charge >= 0.3 is 0 Å². The predicted octanol–water partition coefficient (Wildman–Crippen LogP) is 4.68. The van der Waals surface area contributed by atoms with Crippen LogP contribution in [0.3, 0.4) is 0 Å². The maximum Gasteiger partial charge on any atom is 0.0858 e. The highest BCUT2D eigenvalue weighted by molar-refractivity contribution is 7.80. The van der Waals surface area contributed by atoms with Gasteiger partial charge in [0, 0.05) is 19.0 Å². The maximum atomic E-state index is 5.80. The van der Waals surface area contributed by atoms with Crippen LogP contribution in [0.1, 0.15) is 30.9 Å². The number of thiocarbonyl (C=S) groups is 1. The Hall–Kier alpha value is -1.67. The second-order valence-corrected chi connectivity index (χ2v) is 5.58. The molecule has 1 unspecified atom stereocenters. The van der Waals surface area contributed by atoms with E-state index in [1.165, 1.54) is 11.1 Å². The summed E-state index contributed by atoms with van der Waals surface area (Å²) in [7, 11) is 0. The Morgan fingerprint density at radius 1 is 0.905 bits per heavy atom. The van der Waals surface area contributed by atoms with Gasteiger partial charge in [-0.2, -0.15) is 0 Å². The first kappa shape index (κ1) is 15.7. The van der Waals surface area contributed by atoms with Crippen LogP contribution in [0.5, 0.6) is 0 Å². The van der Waals surface area contributed by atoms with Gasteiger partial charge in [0.05, 0.1) is 4.99 Å². The standard InChI is InChI=1S/C19H23NS/c1-3-20(4-2)19(21)18(17-13-9-6-10-14-17)15-16-11-7-5-8-12-16/h5-14,18H,3-4,15H2,1-2H3. The van der Waals surface area contributed by atoms with Crippen LogP contribution in [0.15, 0.2) is 60.7 Å². The summed E-state index contributed by atoms with van der Waals surface area (Å²) < 4.78 is 0. The minimum absolute atomic E-state index is 0.267. The van der Waals surface area contributed by atoms with E-state index in [9.17, 15) is 0 Å². The largest absolute Gasteiger partial charge is 0.366 e. The number of rotatable bonds is 6. The molecular formula is C19H23NS. The molecule has 2 heteroatoms. The van der Waals surface area contributed by atoms with Crippen LogP contribution >= 0.6 is 12.2 Å². The quantitative estimate of drug-likeness (QED) is 0.712. The van der Waals surface area contributed by atoms with Gasteiger partial charge in [0.15, 0.2) is 0 Å². The summed E-state index contributed by atoms with van der Waals surface area (Å²) in [6, 6.07) is 21.2. The molecule has 1 nitrogen and oxygen atoms in total. The normalized spacial score (nSPS) is 11.9. The molecule has 0 aromatic heterocycles. The Kier molecular flexibility index (Phi) is 5.94. The summed E-state index contributed by atoms with van der Waals surface area (Å²) in [5.41, 5.74) is 2.64. The molecule has 0 fully saturated rings. The summed E-state index contributed by atoms with van der Waals surface area (Å²) in [4.78, 5) is 3.34. The lowest BCUT2D eigenvalue weighted by Crippen LogP contribution is -2.34. The third-order valence-corrected chi connectivity index (χ3v) is 4.40. The number of likely N-dealkylation sites (N-methyl/N-ethyl adjacent to an activating group) is 1. The van der Waals surface area contributed by atoms with Gasteiger partial charge in [-0.15, -0.1) is 0 Å². The SMILES string of the molecule is CCN(CC)C(=S)C(Cc1ccccc1)c1ccccc1. The Labute approximate surface area is 133 Å². The molecule has 2 aromatic rings. The van der Waals surface area contributed by atoms with Gasteiger partial charge in [-0.3, -0.25) is 0 Å². The third-order valence-electron chi connectivity index (χ3n) is 3.86. The first-order valence-corrected chi connectivity index (χ1v) is 8.04. The molecule has 0 saturated carbocycles. The molecule has 0 aliphatic carbocycles. The molecule has 0 radical (unpaired) electrons. The van der Waals surface area contributed by atoms with Gasteiger partial charge in [0.25, 0.3) is 0 Å². The highest BCUT2D eigenvalue weighted by Gasteiger charge is 2.20. The molecule has 2 aromatic carbocycles. The fraction of sp³-hybridized carbons (Fsp3) is 0.316. The maximum absolute atomic E-state index is 5.80. The second-order valence-electron chi connectivity index (χ2n) is 5.16. The molecule has 21 heavy (non-hydrogen) atoms. The number of hydrogen-bond donors (Lipinski definition) is 0. The molecule has 2 rings (SSSR count). The van der Waals surface area contributed by atoms with Crippen molar-refractivity contribution in [2.45, 2.75) is 26.2 Å². The Morgan fingerprint density at radius 3 is 1.95 bits per heavy atom. The zero-order valence-electron chi connectivity index (χ0n) is 12.8. The fourth-order valence-electron chi connectivity index (χ4n) is 2.64. The van der Waals surface area contributed by atoms with Crippen molar-refractivity contribution in [2.24, 2.45) is 0 Å². The van der Waals surface area contributed by atoms with Gasteiger partial charge in [0.2, 0.25) is 0 Å².